The molecule has 5 nitrogen and oxygen atoms in total. The van der Waals surface area contributed by atoms with Crippen molar-refractivity contribution in [2.75, 3.05) is 0 Å². The molecular weight excluding hydrogens is 186 g/mol. The van der Waals surface area contributed by atoms with Crippen LogP contribution in [0.1, 0.15) is 17.3 Å². The fourth-order valence-electron chi connectivity index (χ4n) is 1.39. The van der Waals surface area contributed by atoms with Crippen molar-refractivity contribution in [3.63, 3.8) is 0 Å². The minimum absolute atomic E-state index is 0.0881. The Kier molecular flexibility index (Phi) is 1.73. The molecule has 0 saturated heterocycles. The highest BCUT2D eigenvalue weighted by Gasteiger charge is 2.30. The molecule has 0 saturated carbocycles. The van der Waals surface area contributed by atoms with Gasteiger partial charge in [-0.3, -0.25) is 14.9 Å². The Morgan fingerprint density at radius 3 is 2.86 bits per heavy atom. The van der Waals surface area contributed by atoms with Crippen molar-refractivity contribution in [3.8, 4) is 5.75 Å². The molecule has 1 unspecified atom stereocenters. The van der Waals surface area contributed by atoms with Gasteiger partial charge in [-0.05, 0) is 13.0 Å². The summed E-state index contributed by atoms with van der Waals surface area (Å²) in [5, 5.41) is 10.4. The molecule has 2 rings (SSSR count). The number of nitro benzene ring substituents is 1. The van der Waals surface area contributed by atoms with Gasteiger partial charge < -0.3 is 4.74 Å². The minimum Gasteiger partial charge on any atom is -0.482 e. The molecule has 0 spiro atoms. The largest absolute Gasteiger partial charge is 0.482 e. The van der Waals surface area contributed by atoms with Crippen LogP contribution in [0.4, 0.5) is 5.69 Å². The number of fused-ring (bicyclic) bond motifs is 1. The van der Waals surface area contributed by atoms with E-state index in [9.17, 15) is 14.9 Å². The fraction of sp³-hybridized carbons (Fsp3) is 0.222. The maximum absolute atomic E-state index is 11.4. The summed E-state index contributed by atoms with van der Waals surface area (Å²) < 4.78 is 5.18. The van der Waals surface area contributed by atoms with E-state index >= 15 is 0 Å². The first-order valence-corrected chi connectivity index (χ1v) is 4.09. The number of non-ortho nitro benzene ring substituents is 1. The number of hydrogen-bond acceptors (Lipinski definition) is 4. The monoisotopic (exact) mass is 193 g/mol. The van der Waals surface area contributed by atoms with Crippen molar-refractivity contribution >= 4 is 11.5 Å². The Bertz CT molecular complexity index is 427. The normalized spacial score (nSPS) is 18.9. The van der Waals surface area contributed by atoms with Crippen LogP contribution in [-0.4, -0.2) is 16.8 Å². The van der Waals surface area contributed by atoms with Crippen molar-refractivity contribution in [3.05, 3.63) is 33.9 Å². The lowest BCUT2D eigenvalue weighted by molar-refractivity contribution is -0.384. The molecule has 14 heavy (non-hydrogen) atoms. The lowest BCUT2D eigenvalue weighted by atomic mass is 10.1. The van der Waals surface area contributed by atoms with Gasteiger partial charge in [-0.1, -0.05) is 0 Å². The SMILES string of the molecule is CC1Oc2ccc([N+](=O)[O-])cc2C1=O. The fourth-order valence-corrected chi connectivity index (χ4v) is 1.39. The van der Waals surface area contributed by atoms with Crippen LogP contribution in [0, 0.1) is 10.1 Å². The Labute approximate surface area is 79.4 Å². The van der Waals surface area contributed by atoms with E-state index in [1.54, 1.807) is 6.92 Å². The maximum atomic E-state index is 11.4. The zero-order chi connectivity index (χ0) is 10.3. The molecule has 0 amide bonds. The number of Topliss-reactive ketones (excluding diaryl/α,β-unsaturated/α-hetero) is 1. The predicted octanol–water partition coefficient (Wildman–Crippen LogP) is 1.56. The summed E-state index contributed by atoms with van der Waals surface area (Å²) in [5.41, 5.74) is 0.210. The van der Waals surface area contributed by atoms with E-state index in [1.807, 2.05) is 0 Å². The summed E-state index contributed by atoms with van der Waals surface area (Å²) in [4.78, 5) is 21.3. The van der Waals surface area contributed by atoms with Gasteiger partial charge in [-0.25, -0.2) is 0 Å². The molecular formula is C9H7NO4. The molecule has 0 aliphatic carbocycles. The van der Waals surface area contributed by atoms with Gasteiger partial charge in [-0.2, -0.15) is 0 Å². The number of hydrogen-bond donors (Lipinski definition) is 0. The van der Waals surface area contributed by atoms with Gasteiger partial charge >= 0.3 is 0 Å². The Morgan fingerprint density at radius 2 is 2.21 bits per heavy atom. The van der Waals surface area contributed by atoms with Crippen molar-refractivity contribution in [2.24, 2.45) is 0 Å². The Balaban J connectivity index is 2.51. The van der Waals surface area contributed by atoms with Crippen LogP contribution in [-0.2, 0) is 0 Å². The number of rotatable bonds is 1. The summed E-state index contributed by atoms with van der Waals surface area (Å²) >= 11 is 0. The molecule has 0 radical (unpaired) electrons. The molecule has 0 aromatic heterocycles. The molecule has 0 N–H and O–H groups in total. The Morgan fingerprint density at radius 1 is 1.50 bits per heavy atom. The highest BCUT2D eigenvalue weighted by molar-refractivity contribution is 6.04. The van der Waals surface area contributed by atoms with Crippen molar-refractivity contribution in [1.82, 2.24) is 0 Å². The standard InChI is InChI=1S/C9H7NO4/c1-5-9(11)7-4-6(10(12)13)2-3-8(7)14-5/h2-5H,1H3. The van der Waals surface area contributed by atoms with Crippen molar-refractivity contribution < 1.29 is 14.5 Å². The third-order valence-corrected chi connectivity index (χ3v) is 2.11. The zero-order valence-electron chi connectivity index (χ0n) is 7.39. The van der Waals surface area contributed by atoms with E-state index in [1.165, 1.54) is 18.2 Å². The number of ether oxygens (including phenoxy) is 1. The third-order valence-electron chi connectivity index (χ3n) is 2.11. The zero-order valence-corrected chi connectivity index (χ0v) is 7.39. The van der Waals surface area contributed by atoms with Crippen LogP contribution in [0.25, 0.3) is 0 Å². The predicted molar refractivity (Wildman–Crippen MR) is 47.5 cm³/mol. The molecule has 1 aromatic rings. The number of carbonyl (C=O) groups excluding carboxylic acids is 1. The lowest BCUT2D eigenvalue weighted by Gasteiger charge is -1.99. The minimum atomic E-state index is -0.535. The van der Waals surface area contributed by atoms with Crippen LogP contribution >= 0.6 is 0 Å². The van der Waals surface area contributed by atoms with Gasteiger partial charge in [0.2, 0.25) is 5.78 Å². The van der Waals surface area contributed by atoms with E-state index in [2.05, 4.69) is 0 Å². The second-order valence-electron chi connectivity index (χ2n) is 3.06. The molecule has 1 aliphatic heterocycles. The van der Waals surface area contributed by atoms with Crippen LogP contribution in [0.3, 0.4) is 0 Å². The molecule has 1 atom stereocenters. The lowest BCUT2D eigenvalue weighted by Crippen LogP contribution is -2.14. The summed E-state index contributed by atoms with van der Waals surface area (Å²) in [6.45, 7) is 1.62. The van der Waals surface area contributed by atoms with Crippen LogP contribution in [0.2, 0.25) is 0 Å². The van der Waals surface area contributed by atoms with E-state index in [-0.39, 0.29) is 11.5 Å². The second kappa shape index (κ2) is 2.80. The highest BCUT2D eigenvalue weighted by atomic mass is 16.6. The Hall–Kier alpha value is -1.91. The quantitative estimate of drug-likeness (QED) is 0.501. The third kappa shape index (κ3) is 1.14. The van der Waals surface area contributed by atoms with Gasteiger partial charge in [0.25, 0.3) is 5.69 Å². The smallest absolute Gasteiger partial charge is 0.270 e. The summed E-state index contributed by atoms with van der Waals surface area (Å²) in [6, 6.07) is 4.03. The first-order chi connectivity index (χ1) is 6.59. The summed E-state index contributed by atoms with van der Waals surface area (Å²) in [7, 11) is 0. The summed E-state index contributed by atoms with van der Waals surface area (Å²) in [6.07, 6.45) is -0.535. The van der Waals surface area contributed by atoms with E-state index in [4.69, 9.17) is 4.74 Å². The van der Waals surface area contributed by atoms with Gasteiger partial charge in [0.1, 0.15) is 5.75 Å². The first kappa shape index (κ1) is 8.68. The molecule has 5 heteroatoms. The number of nitro groups is 1. The average molecular weight is 193 g/mol. The van der Waals surface area contributed by atoms with Gasteiger partial charge in [0, 0.05) is 12.1 Å². The second-order valence-corrected chi connectivity index (χ2v) is 3.06. The number of ketones is 1. The van der Waals surface area contributed by atoms with E-state index in [0.29, 0.717) is 11.3 Å². The van der Waals surface area contributed by atoms with Crippen molar-refractivity contribution in [1.29, 1.82) is 0 Å². The van der Waals surface area contributed by atoms with Gasteiger partial charge in [0.15, 0.2) is 6.10 Å². The van der Waals surface area contributed by atoms with Crippen LogP contribution < -0.4 is 4.74 Å². The van der Waals surface area contributed by atoms with E-state index in [0.717, 1.165) is 0 Å². The number of nitrogens with zero attached hydrogens (tertiary/aromatic N) is 1. The molecule has 1 aliphatic rings. The highest BCUT2D eigenvalue weighted by Crippen LogP contribution is 2.31. The number of benzene rings is 1. The molecule has 72 valence electrons. The topological polar surface area (TPSA) is 69.4 Å². The molecule has 0 bridgehead atoms. The van der Waals surface area contributed by atoms with Crippen molar-refractivity contribution in [2.45, 2.75) is 13.0 Å². The molecule has 1 heterocycles. The molecule has 0 fully saturated rings. The van der Waals surface area contributed by atoms with Crippen LogP contribution in [0.15, 0.2) is 18.2 Å². The average Bonchev–Trinajstić information content (AvgIpc) is 2.43. The summed E-state index contributed by atoms with van der Waals surface area (Å²) in [5.74, 6) is 0.219. The number of carbonyl (C=O) groups is 1. The van der Waals surface area contributed by atoms with E-state index < -0.39 is 11.0 Å². The van der Waals surface area contributed by atoms with Crippen LogP contribution in [0.5, 0.6) is 5.75 Å². The maximum Gasteiger partial charge on any atom is 0.270 e. The molecule has 1 aromatic carbocycles. The van der Waals surface area contributed by atoms with Gasteiger partial charge in [-0.15, -0.1) is 0 Å². The van der Waals surface area contributed by atoms with Gasteiger partial charge in [0.05, 0.1) is 10.5 Å². The first-order valence-electron chi connectivity index (χ1n) is 4.09.